The van der Waals surface area contributed by atoms with E-state index in [-0.39, 0.29) is 18.2 Å². The highest BCUT2D eigenvalue weighted by atomic mass is 16.5. The van der Waals surface area contributed by atoms with Crippen molar-refractivity contribution in [3.63, 3.8) is 0 Å². The molecule has 0 bridgehead atoms. The van der Waals surface area contributed by atoms with E-state index in [1.54, 1.807) is 0 Å². The number of hydrogen-bond acceptors (Lipinski definition) is 8. The van der Waals surface area contributed by atoms with Crippen molar-refractivity contribution in [2.45, 2.75) is 72.6 Å². The molecule has 0 saturated carbocycles. The predicted molar refractivity (Wildman–Crippen MR) is 134 cm³/mol. The molecule has 1 aliphatic rings. The summed E-state index contributed by atoms with van der Waals surface area (Å²) in [6.45, 7) is 15.0. The van der Waals surface area contributed by atoms with E-state index in [9.17, 15) is 0 Å². The summed E-state index contributed by atoms with van der Waals surface area (Å²) < 4.78 is 7.86. The molecule has 3 aromatic rings. The maximum Gasteiger partial charge on any atom is 0.237 e. The minimum atomic E-state index is -0.117. The van der Waals surface area contributed by atoms with Gasteiger partial charge in [0.25, 0.3) is 0 Å². The first-order chi connectivity index (χ1) is 16.4. The Kier molecular flexibility index (Phi) is 7.41. The first-order valence-corrected chi connectivity index (χ1v) is 12.2. The zero-order valence-corrected chi connectivity index (χ0v) is 21.1. The molecule has 0 unspecified atom stereocenters. The summed E-state index contributed by atoms with van der Waals surface area (Å²) in [7, 11) is 0. The fourth-order valence-electron chi connectivity index (χ4n) is 4.60. The van der Waals surface area contributed by atoms with Crippen molar-refractivity contribution in [1.29, 1.82) is 0 Å². The van der Waals surface area contributed by atoms with Gasteiger partial charge in [0, 0.05) is 50.4 Å². The lowest BCUT2D eigenvalue weighted by Crippen LogP contribution is -2.57. The van der Waals surface area contributed by atoms with Crippen LogP contribution in [0.4, 0.5) is 11.6 Å². The summed E-state index contributed by atoms with van der Waals surface area (Å²) >= 11 is 0. The van der Waals surface area contributed by atoms with E-state index < -0.39 is 0 Å². The SMILES string of the molecule is CCCCO[C@H](C)c1nccc(N2[C@H](C)CN(c3ccnc(-n4cc(C)nc4C)n3)C[C@@H]2C)n1. The Morgan fingerprint density at radius 3 is 2.38 bits per heavy atom. The smallest absolute Gasteiger partial charge is 0.237 e. The molecule has 0 radical (unpaired) electrons. The standard InChI is InChI=1S/C25H36N8O/c1-7-8-13-34-20(5)24-26-11-10-23(29-24)33-18(3)15-31(16-19(33)4)22-9-12-27-25(30-22)32-14-17(2)28-21(32)6/h9-12,14,18-20H,7-8,13,15-16H2,1-6H3/t18-,19+,20-/m1/s1. The Labute approximate surface area is 202 Å². The van der Waals surface area contributed by atoms with E-state index >= 15 is 0 Å². The molecule has 1 aliphatic heterocycles. The molecule has 9 nitrogen and oxygen atoms in total. The summed E-state index contributed by atoms with van der Waals surface area (Å²) in [5.41, 5.74) is 0.955. The monoisotopic (exact) mass is 464 g/mol. The zero-order chi connectivity index (χ0) is 24.2. The van der Waals surface area contributed by atoms with Gasteiger partial charge in [-0.05, 0) is 53.2 Å². The topological polar surface area (TPSA) is 85.1 Å². The minimum absolute atomic E-state index is 0.117. The number of piperazine rings is 1. The lowest BCUT2D eigenvalue weighted by Gasteiger charge is -2.45. The lowest BCUT2D eigenvalue weighted by atomic mass is 10.1. The highest BCUT2D eigenvalue weighted by Gasteiger charge is 2.31. The van der Waals surface area contributed by atoms with Crippen LogP contribution in [0.1, 0.15) is 64.0 Å². The fraction of sp³-hybridized carbons (Fsp3) is 0.560. The number of ether oxygens (including phenoxy) is 1. The van der Waals surface area contributed by atoms with Crippen LogP contribution in [0.15, 0.2) is 30.7 Å². The number of hydrogen-bond donors (Lipinski definition) is 0. The minimum Gasteiger partial charge on any atom is -0.371 e. The van der Waals surface area contributed by atoms with Gasteiger partial charge in [0.2, 0.25) is 5.95 Å². The van der Waals surface area contributed by atoms with Gasteiger partial charge >= 0.3 is 0 Å². The highest BCUT2D eigenvalue weighted by Crippen LogP contribution is 2.27. The molecule has 34 heavy (non-hydrogen) atoms. The Morgan fingerprint density at radius 1 is 1.00 bits per heavy atom. The van der Waals surface area contributed by atoms with Crippen LogP contribution < -0.4 is 9.80 Å². The molecule has 182 valence electrons. The molecule has 0 spiro atoms. The number of imidazole rings is 1. The van der Waals surface area contributed by atoms with Crippen molar-refractivity contribution in [2.24, 2.45) is 0 Å². The number of rotatable bonds is 8. The van der Waals surface area contributed by atoms with E-state index in [1.807, 2.05) is 56.1 Å². The van der Waals surface area contributed by atoms with Gasteiger partial charge in [-0.25, -0.2) is 19.9 Å². The van der Waals surface area contributed by atoms with Crippen molar-refractivity contribution < 1.29 is 4.74 Å². The number of nitrogens with zero attached hydrogens (tertiary/aromatic N) is 8. The molecule has 9 heteroatoms. The van der Waals surface area contributed by atoms with Crippen LogP contribution in [0, 0.1) is 13.8 Å². The number of aromatic nitrogens is 6. The first kappa shape index (κ1) is 24.1. The third-order valence-electron chi connectivity index (χ3n) is 6.24. The van der Waals surface area contributed by atoms with Crippen LogP contribution in [0.3, 0.4) is 0 Å². The molecule has 0 amide bonds. The second-order valence-electron chi connectivity index (χ2n) is 9.16. The van der Waals surface area contributed by atoms with Crippen molar-refractivity contribution in [3.05, 3.63) is 48.1 Å². The third kappa shape index (κ3) is 5.19. The first-order valence-electron chi connectivity index (χ1n) is 12.2. The average molecular weight is 465 g/mol. The molecule has 3 atom stereocenters. The Balaban J connectivity index is 1.50. The molecule has 0 aromatic carbocycles. The van der Waals surface area contributed by atoms with Crippen LogP contribution in [-0.4, -0.2) is 61.3 Å². The quantitative estimate of drug-likeness (QED) is 0.462. The van der Waals surface area contributed by atoms with Gasteiger partial charge in [-0.2, -0.15) is 4.98 Å². The Bertz CT molecular complexity index is 1090. The molecule has 1 fully saturated rings. The van der Waals surface area contributed by atoms with Gasteiger partial charge in [0.05, 0.1) is 5.69 Å². The normalized spacial score (nSPS) is 19.5. The molecule has 4 heterocycles. The Morgan fingerprint density at radius 2 is 1.71 bits per heavy atom. The summed E-state index contributed by atoms with van der Waals surface area (Å²) in [6, 6.07) is 4.48. The van der Waals surface area contributed by atoms with Crippen molar-refractivity contribution in [3.8, 4) is 5.95 Å². The second kappa shape index (κ2) is 10.5. The molecule has 0 N–H and O–H groups in total. The van der Waals surface area contributed by atoms with E-state index in [4.69, 9.17) is 14.7 Å². The van der Waals surface area contributed by atoms with Gasteiger partial charge in [0.15, 0.2) is 5.82 Å². The van der Waals surface area contributed by atoms with Crippen LogP contribution in [-0.2, 0) is 4.74 Å². The lowest BCUT2D eigenvalue weighted by molar-refractivity contribution is 0.0578. The third-order valence-corrected chi connectivity index (χ3v) is 6.24. The van der Waals surface area contributed by atoms with Crippen molar-refractivity contribution >= 4 is 11.6 Å². The van der Waals surface area contributed by atoms with Crippen LogP contribution in [0.2, 0.25) is 0 Å². The van der Waals surface area contributed by atoms with Crippen molar-refractivity contribution in [2.75, 3.05) is 29.5 Å². The van der Waals surface area contributed by atoms with Gasteiger partial charge < -0.3 is 14.5 Å². The zero-order valence-electron chi connectivity index (χ0n) is 21.1. The molecule has 3 aromatic heterocycles. The summed E-state index contributed by atoms with van der Waals surface area (Å²) in [5, 5.41) is 0. The molecular formula is C25H36N8O. The number of anilines is 2. The largest absolute Gasteiger partial charge is 0.371 e. The maximum atomic E-state index is 5.92. The van der Waals surface area contributed by atoms with Crippen LogP contribution in [0.25, 0.3) is 5.95 Å². The molecule has 4 rings (SSSR count). The van der Waals surface area contributed by atoms with Gasteiger partial charge in [-0.15, -0.1) is 0 Å². The highest BCUT2D eigenvalue weighted by molar-refractivity contribution is 5.48. The predicted octanol–water partition coefficient (Wildman–Crippen LogP) is 4.05. The number of unbranched alkanes of at least 4 members (excludes halogenated alkanes) is 1. The van der Waals surface area contributed by atoms with Gasteiger partial charge in [-0.1, -0.05) is 13.3 Å². The average Bonchev–Trinajstić information content (AvgIpc) is 3.17. The van der Waals surface area contributed by atoms with Crippen LogP contribution >= 0.6 is 0 Å². The second-order valence-corrected chi connectivity index (χ2v) is 9.16. The van der Waals surface area contributed by atoms with Gasteiger partial charge in [-0.3, -0.25) is 4.57 Å². The summed E-state index contributed by atoms with van der Waals surface area (Å²) in [4.78, 5) is 27.9. The van der Waals surface area contributed by atoms with E-state index in [2.05, 4.69) is 45.5 Å². The summed E-state index contributed by atoms with van der Waals surface area (Å²) in [5.74, 6) is 4.14. The fourth-order valence-corrected chi connectivity index (χ4v) is 4.60. The van der Waals surface area contributed by atoms with Gasteiger partial charge in [0.1, 0.15) is 23.6 Å². The van der Waals surface area contributed by atoms with Crippen molar-refractivity contribution in [1.82, 2.24) is 29.5 Å². The Hall–Kier alpha value is -3.07. The van der Waals surface area contributed by atoms with E-state index in [1.165, 1.54) is 0 Å². The molecule has 0 aliphatic carbocycles. The van der Waals surface area contributed by atoms with Crippen LogP contribution in [0.5, 0.6) is 0 Å². The van der Waals surface area contributed by atoms with E-state index in [0.717, 1.165) is 61.5 Å². The molecule has 1 saturated heterocycles. The molecular weight excluding hydrogens is 428 g/mol. The van der Waals surface area contributed by atoms with E-state index in [0.29, 0.717) is 5.95 Å². The summed E-state index contributed by atoms with van der Waals surface area (Å²) in [6.07, 6.45) is 7.68. The maximum absolute atomic E-state index is 5.92. The number of aryl methyl sites for hydroxylation is 2.